The molecule has 0 aromatic heterocycles. The van der Waals surface area contributed by atoms with Gasteiger partial charge in [0.25, 0.3) is 5.70 Å². The van der Waals surface area contributed by atoms with Gasteiger partial charge in [-0.1, -0.05) is 30.3 Å². The van der Waals surface area contributed by atoms with Gasteiger partial charge in [0, 0.05) is 5.56 Å². The van der Waals surface area contributed by atoms with Crippen LogP contribution in [0, 0.1) is 5.41 Å². The fraction of sp³-hybridized carbons (Fsp3) is 0.412. The van der Waals surface area contributed by atoms with E-state index in [1.807, 2.05) is 30.3 Å². The highest BCUT2D eigenvalue weighted by Gasteiger charge is 2.71. The Morgan fingerprint density at radius 1 is 1.32 bits per heavy atom. The highest BCUT2D eigenvalue weighted by atomic mass is 16.5. The lowest BCUT2D eigenvalue weighted by molar-refractivity contribution is -0.803. The molecule has 1 spiro atoms. The van der Waals surface area contributed by atoms with Crippen LogP contribution in [-0.4, -0.2) is 35.1 Å². The number of hydrogen-bond acceptors (Lipinski definition) is 4. The Morgan fingerprint density at radius 3 is 2.50 bits per heavy atom. The van der Waals surface area contributed by atoms with Gasteiger partial charge < -0.3 is 9.84 Å². The second-order valence-corrected chi connectivity index (χ2v) is 6.14. The summed E-state index contributed by atoms with van der Waals surface area (Å²) in [6, 6.07) is 9.51. The molecular weight excluding hydrogens is 282 g/mol. The van der Waals surface area contributed by atoms with Gasteiger partial charge in [0.15, 0.2) is 5.76 Å². The second kappa shape index (κ2) is 4.95. The Bertz CT molecular complexity index is 660. The van der Waals surface area contributed by atoms with E-state index in [2.05, 4.69) is 0 Å². The summed E-state index contributed by atoms with van der Waals surface area (Å²) in [5.74, 6) is -0.804. The number of hydrogen-bond donors (Lipinski definition) is 1. The standard InChI is InChI=1S/C17H19NO4/c1-3-22-15(20)13-14(19)17(9-10-17)16(21)18(13,2)11-12-7-5-4-6-8-12/h4-8H,3,9-11H2,1-2H3/p+1. The van der Waals surface area contributed by atoms with Gasteiger partial charge in [0.2, 0.25) is 0 Å². The van der Waals surface area contributed by atoms with Crippen LogP contribution >= 0.6 is 0 Å². The number of esters is 1. The van der Waals surface area contributed by atoms with Gasteiger partial charge in [-0.3, -0.25) is 0 Å². The van der Waals surface area contributed by atoms with E-state index in [1.54, 1.807) is 14.0 Å². The molecule has 22 heavy (non-hydrogen) atoms. The fourth-order valence-electron chi connectivity index (χ4n) is 3.31. The number of benzene rings is 1. The van der Waals surface area contributed by atoms with E-state index >= 15 is 0 Å². The van der Waals surface area contributed by atoms with Crippen LogP contribution in [0.15, 0.2) is 41.8 Å². The van der Waals surface area contributed by atoms with Crippen molar-refractivity contribution in [2.24, 2.45) is 5.41 Å². The van der Waals surface area contributed by atoms with E-state index in [0.29, 0.717) is 19.4 Å². The Labute approximate surface area is 129 Å². The van der Waals surface area contributed by atoms with Gasteiger partial charge in [-0.15, -0.1) is 0 Å². The van der Waals surface area contributed by atoms with Crippen molar-refractivity contribution in [2.45, 2.75) is 26.3 Å². The molecule has 1 atom stereocenters. The van der Waals surface area contributed by atoms with Gasteiger partial charge in [0.1, 0.15) is 12.0 Å². The number of ether oxygens (including phenoxy) is 1. The highest BCUT2D eigenvalue weighted by Crippen LogP contribution is 2.59. The minimum absolute atomic E-state index is 0.0885. The minimum Gasteiger partial charge on any atom is -0.505 e. The molecule has 116 valence electrons. The summed E-state index contributed by atoms with van der Waals surface area (Å²) in [6.07, 6.45) is 1.20. The molecule has 1 unspecified atom stereocenters. The van der Waals surface area contributed by atoms with E-state index in [9.17, 15) is 14.7 Å². The maximum absolute atomic E-state index is 12.9. The smallest absolute Gasteiger partial charge is 0.397 e. The lowest BCUT2D eigenvalue weighted by Gasteiger charge is -2.28. The van der Waals surface area contributed by atoms with E-state index in [-0.39, 0.29) is 28.5 Å². The average Bonchev–Trinajstić information content (AvgIpc) is 3.26. The number of rotatable bonds is 4. The maximum atomic E-state index is 12.9. The molecule has 0 saturated heterocycles. The van der Waals surface area contributed by atoms with Crippen molar-refractivity contribution < 1.29 is 23.9 Å². The van der Waals surface area contributed by atoms with Crippen molar-refractivity contribution in [3.8, 4) is 0 Å². The highest BCUT2D eigenvalue weighted by molar-refractivity contribution is 5.97. The molecule has 1 aliphatic heterocycles. The van der Waals surface area contributed by atoms with Crippen molar-refractivity contribution >= 4 is 11.9 Å². The number of likely N-dealkylation sites (N-methyl/N-ethyl adjacent to an activating group) is 1. The predicted octanol–water partition coefficient (Wildman–Crippen LogP) is 2.29. The van der Waals surface area contributed by atoms with Gasteiger partial charge in [-0.05, 0) is 19.8 Å². The summed E-state index contributed by atoms with van der Waals surface area (Å²) in [4.78, 5) is 25.2. The van der Waals surface area contributed by atoms with Crippen molar-refractivity contribution in [3.05, 3.63) is 47.4 Å². The molecule has 0 bridgehead atoms. The molecule has 0 radical (unpaired) electrons. The van der Waals surface area contributed by atoms with Gasteiger partial charge >= 0.3 is 11.9 Å². The number of carbonyl (C=O) groups is 2. The molecule has 2 aliphatic rings. The first-order chi connectivity index (χ1) is 10.5. The lowest BCUT2D eigenvalue weighted by atomic mass is 10.1. The number of quaternary nitrogens is 1. The predicted molar refractivity (Wildman–Crippen MR) is 79.3 cm³/mol. The Kier molecular flexibility index (Phi) is 3.33. The average molecular weight is 302 g/mol. The van der Waals surface area contributed by atoms with Crippen LogP contribution in [-0.2, 0) is 20.9 Å². The third kappa shape index (κ3) is 1.96. The summed E-state index contributed by atoms with van der Waals surface area (Å²) in [5.41, 5.74) is 0.171. The molecule has 5 heteroatoms. The summed E-state index contributed by atoms with van der Waals surface area (Å²) in [6.45, 7) is 2.25. The molecule has 1 aromatic rings. The fourth-order valence-corrected chi connectivity index (χ4v) is 3.31. The molecule has 3 rings (SSSR count). The Balaban J connectivity index is 2.04. The van der Waals surface area contributed by atoms with E-state index in [1.165, 1.54) is 0 Å². The van der Waals surface area contributed by atoms with Crippen LogP contribution in [0.2, 0.25) is 0 Å². The van der Waals surface area contributed by atoms with Gasteiger partial charge in [0.05, 0.1) is 13.7 Å². The third-order valence-electron chi connectivity index (χ3n) is 4.59. The summed E-state index contributed by atoms with van der Waals surface area (Å²) < 4.78 is 4.85. The van der Waals surface area contributed by atoms with E-state index in [4.69, 9.17) is 4.74 Å². The van der Waals surface area contributed by atoms with Crippen LogP contribution in [0.5, 0.6) is 0 Å². The van der Waals surface area contributed by atoms with Crippen LogP contribution in [0.25, 0.3) is 0 Å². The zero-order chi connectivity index (χ0) is 16.0. The number of carbonyl (C=O) groups excluding carboxylic acids is 2. The van der Waals surface area contributed by atoms with Crippen LogP contribution in [0.3, 0.4) is 0 Å². The lowest BCUT2D eigenvalue weighted by Crippen LogP contribution is -2.48. The minimum atomic E-state index is -0.856. The molecule has 1 N–H and O–H groups in total. The number of aliphatic hydroxyl groups is 1. The summed E-state index contributed by atoms with van der Waals surface area (Å²) >= 11 is 0. The Morgan fingerprint density at radius 2 is 1.95 bits per heavy atom. The second-order valence-electron chi connectivity index (χ2n) is 6.14. The van der Waals surface area contributed by atoms with E-state index < -0.39 is 11.4 Å². The first-order valence-corrected chi connectivity index (χ1v) is 7.51. The molecule has 1 heterocycles. The number of aliphatic hydroxyl groups excluding tert-OH is 1. The van der Waals surface area contributed by atoms with Crippen LogP contribution < -0.4 is 0 Å². The first kappa shape index (κ1) is 14.8. The van der Waals surface area contributed by atoms with Crippen molar-refractivity contribution in [3.63, 3.8) is 0 Å². The normalized spacial score (nSPS) is 25.6. The summed E-state index contributed by atoms with van der Waals surface area (Å²) in [5, 5.41) is 10.5. The number of nitrogens with zero attached hydrogens (tertiary/aromatic N) is 1. The van der Waals surface area contributed by atoms with E-state index in [0.717, 1.165) is 5.56 Å². The monoisotopic (exact) mass is 302 g/mol. The van der Waals surface area contributed by atoms with Gasteiger partial charge in [-0.25, -0.2) is 14.1 Å². The van der Waals surface area contributed by atoms with Gasteiger partial charge in [-0.2, -0.15) is 0 Å². The van der Waals surface area contributed by atoms with Crippen molar-refractivity contribution in [1.29, 1.82) is 0 Å². The molecular formula is C17H20NO4+. The molecule has 1 fully saturated rings. The van der Waals surface area contributed by atoms with Crippen LogP contribution in [0.4, 0.5) is 0 Å². The zero-order valence-electron chi connectivity index (χ0n) is 12.8. The Hall–Kier alpha value is -2.14. The largest absolute Gasteiger partial charge is 0.505 e. The summed E-state index contributed by atoms with van der Waals surface area (Å²) in [7, 11) is 1.69. The third-order valence-corrected chi connectivity index (χ3v) is 4.59. The van der Waals surface area contributed by atoms with Crippen molar-refractivity contribution in [2.75, 3.05) is 13.7 Å². The zero-order valence-corrected chi connectivity index (χ0v) is 12.8. The van der Waals surface area contributed by atoms with Crippen molar-refractivity contribution in [1.82, 2.24) is 0 Å². The molecule has 1 saturated carbocycles. The van der Waals surface area contributed by atoms with Crippen LogP contribution in [0.1, 0.15) is 25.3 Å². The first-order valence-electron chi connectivity index (χ1n) is 7.51. The maximum Gasteiger partial charge on any atom is 0.397 e. The molecule has 5 nitrogen and oxygen atoms in total. The molecule has 1 aromatic carbocycles. The quantitative estimate of drug-likeness (QED) is 0.684. The topological polar surface area (TPSA) is 63.6 Å². The molecule has 1 aliphatic carbocycles. The number of amides is 1. The SMILES string of the molecule is CCOC(=O)C1=C(O)C2(CC2)C(=O)[N+]1(C)Cc1ccccc1. The molecule has 1 amide bonds.